The highest BCUT2D eigenvalue weighted by atomic mass is 16.4. The van der Waals surface area contributed by atoms with E-state index in [0.717, 1.165) is 26.8 Å². The van der Waals surface area contributed by atoms with Crippen LogP contribution in [0, 0.1) is 6.92 Å². The first kappa shape index (κ1) is 28.1. The SMILES string of the molecule is Cc1c(C(=O)O)ccc2c1CC[C@@H]2NC(=O)c1cc(C(=O)NCc2cccc(CNc3c(N)c(=O)c3=O)c2)n2nnnc2n1. The van der Waals surface area contributed by atoms with E-state index in [-0.39, 0.29) is 53.2 Å². The average molecular weight is 596 g/mol. The van der Waals surface area contributed by atoms with Gasteiger partial charge in [-0.15, -0.1) is 0 Å². The summed E-state index contributed by atoms with van der Waals surface area (Å²) in [6.45, 7) is 2.13. The number of nitrogens with one attached hydrogen (secondary N) is 3. The van der Waals surface area contributed by atoms with Gasteiger partial charge in [0.25, 0.3) is 28.4 Å². The molecule has 6 rings (SSSR count). The quantitative estimate of drug-likeness (QED) is 0.148. The van der Waals surface area contributed by atoms with E-state index in [1.165, 1.54) is 12.1 Å². The van der Waals surface area contributed by atoms with Gasteiger partial charge >= 0.3 is 5.97 Å². The highest BCUT2D eigenvalue weighted by Gasteiger charge is 2.29. The van der Waals surface area contributed by atoms with Crippen LogP contribution in [-0.2, 0) is 19.5 Å². The second-order valence-electron chi connectivity index (χ2n) is 10.4. The number of carboxylic acid groups (broad SMARTS) is 1. The molecule has 2 aromatic heterocycles. The Hall–Kier alpha value is -5.99. The molecule has 15 nitrogen and oxygen atoms in total. The van der Waals surface area contributed by atoms with E-state index in [1.807, 2.05) is 12.1 Å². The molecule has 1 aliphatic carbocycles. The Labute approximate surface area is 247 Å². The summed E-state index contributed by atoms with van der Waals surface area (Å²) in [7, 11) is 0. The fraction of sp³-hybridized carbons (Fsp3) is 0.207. The van der Waals surface area contributed by atoms with Crippen LogP contribution in [0.1, 0.15) is 71.6 Å². The number of nitrogen functional groups attached to an aromatic ring is 1. The molecule has 0 aliphatic heterocycles. The lowest BCUT2D eigenvalue weighted by Gasteiger charge is -2.15. The van der Waals surface area contributed by atoms with Crippen molar-refractivity contribution < 1.29 is 19.5 Å². The van der Waals surface area contributed by atoms with Gasteiger partial charge in [-0.3, -0.25) is 19.2 Å². The fourth-order valence-corrected chi connectivity index (χ4v) is 5.41. The molecule has 1 aliphatic rings. The maximum absolute atomic E-state index is 13.3. The lowest BCUT2D eigenvalue weighted by atomic mass is 9.98. The van der Waals surface area contributed by atoms with Crippen LogP contribution in [0.15, 0.2) is 52.1 Å². The number of nitrogens with two attached hydrogens (primary N) is 1. The lowest BCUT2D eigenvalue weighted by molar-refractivity contribution is 0.0695. The van der Waals surface area contributed by atoms with E-state index in [0.29, 0.717) is 18.4 Å². The van der Waals surface area contributed by atoms with Crippen molar-refractivity contribution in [3.05, 3.63) is 108 Å². The summed E-state index contributed by atoms with van der Waals surface area (Å²) < 4.78 is 1.13. The van der Waals surface area contributed by atoms with Gasteiger partial charge in [0.05, 0.1) is 11.6 Å². The van der Waals surface area contributed by atoms with E-state index in [1.54, 1.807) is 25.1 Å². The van der Waals surface area contributed by atoms with Crippen molar-refractivity contribution in [3.63, 3.8) is 0 Å². The number of fused-ring (bicyclic) bond motifs is 2. The highest BCUT2D eigenvalue weighted by molar-refractivity contribution is 5.98. The van der Waals surface area contributed by atoms with Crippen LogP contribution >= 0.6 is 0 Å². The third-order valence-corrected chi connectivity index (χ3v) is 7.73. The second-order valence-corrected chi connectivity index (χ2v) is 10.4. The molecule has 2 heterocycles. The van der Waals surface area contributed by atoms with Gasteiger partial charge in [-0.2, -0.15) is 4.52 Å². The number of rotatable bonds is 9. The topological polar surface area (TPSA) is 224 Å². The number of hydrogen-bond donors (Lipinski definition) is 5. The molecular formula is C29H25N9O6. The van der Waals surface area contributed by atoms with Crippen molar-refractivity contribution >= 4 is 34.9 Å². The minimum Gasteiger partial charge on any atom is -0.478 e. The van der Waals surface area contributed by atoms with E-state index in [9.17, 15) is 29.1 Å². The van der Waals surface area contributed by atoms with Gasteiger partial charge in [0.15, 0.2) is 0 Å². The number of anilines is 2. The third-order valence-electron chi connectivity index (χ3n) is 7.73. The number of carboxylic acids is 1. The Balaban J connectivity index is 1.15. The number of hydrogen-bond acceptors (Lipinski definition) is 11. The molecule has 0 saturated carbocycles. The zero-order valence-corrected chi connectivity index (χ0v) is 23.2. The Bertz CT molecular complexity index is 2060. The summed E-state index contributed by atoms with van der Waals surface area (Å²) in [5, 5.41) is 29.2. The molecule has 0 bridgehead atoms. The van der Waals surface area contributed by atoms with Crippen molar-refractivity contribution in [1.82, 2.24) is 35.7 Å². The largest absolute Gasteiger partial charge is 0.478 e. The molecule has 6 N–H and O–H groups in total. The predicted molar refractivity (Wildman–Crippen MR) is 156 cm³/mol. The second kappa shape index (κ2) is 11.0. The van der Waals surface area contributed by atoms with Gasteiger partial charge < -0.3 is 26.8 Å². The predicted octanol–water partition coefficient (Wildman–Crippen LogP) is 0.664. The number of amides is 2. The first-order valence-electron chi connectivity index (χ1n) is 13.6. The molecule has 0 spiro atoms. The summed E-state index contributed by atoms with van der Waals surface area (Å²) in [4.78, 5) is 65.2. The van der Waals surface area contributed by atoms with E-state index < -0.39 is 28.6 Å². The lowest BCUT2D eigenvalue weighted by Crippen LogP contribution is -2.36. The van der Waals surface area contributed by atoms with Gasteiger partial charge in [-0.05, 0) is 64.1 Å². The van der Waals surface area contributed by atoms with Crippen LogP contribution < -0.4 is 32.5 Å². The summed E-state index contributed by atoms with van der Waals surface area (Å²) in [6, 6.07) is 11.4. The van der Waals surface area contributed by atoms with Gasteiger partial charge in [-0.1, -0.05) is 35.4 Å². The molecule has 0 fully saturated rings. The first-order chi connectivity index (χ1) is 21.1. The van der Waals surface area contributed by atoms with Gasteiger partial charge in [0, 0.05) is 19.2 Å². The molecule has 15 heteroatoms. The maximum Gasteiger partial charge on any atom is 0.335 e. The Morgan fingerprint density at radius 3 is 2.57 bits per heavy atom. The molecule has 0 saturated heterocycles. The smallest absolute Gasteiger partial charge is 0.335 e. The zero-order chi connectivity index (χ0) is 31.1. The fourth-order valence-electron chi connectivity index (χ4n) is 5.41. The van der Waals surface area contributed by atoms with E-state index >= 15 is 0 Å². The van der Waals surface area contributed by atoms with E-state index in [4.69, 9.17) is 5.73 Å². The number of benzene rings is 2. The molecule has 0 unspecified atom stereocenters. The van der Waals surface area contributed by atoms with Crippen LogP contribution in [-0.4, -0.2) is 47.9 Å². The summed E-state index contributed by atoms with van der Waals surface area (Å²) >= 11 is 0. The van der Waals surface area contributed by atoms with Crippen LogP contribution in [0.4, 0.5) is 11.4 Å². The zero-order valence-electron chi connectivity index (χ0n) is 23.2. The summed E-state index contributed by atoms with van der Waals surface area (Å²) in [5.74, 6) is -2.13. The number of aromatic carboxylic acids is 1. The molecule has 0 radical (unpaired) electrons. The first-order valence-corrected chi connectivity index (χ1v) is 13.6. The highest BCUT2D eigenvalue weighted by Crippen LogP contribution is 2.34. The molecule has 44 heavy (non-hydrogen) atoms. The van der Waals surface area contributed by atoms with Gasteiger partial charge in [-0.25, -0.2) is 9.78 Å². The van der Waals surface area contributed by atoms with Crippen molar-refractivity contribution in [2.75, 3.05) is 11.1 Å². The van der Waals surface area contributed by atoms with E-state index in [2.05, 4.69) is 36.5 Å². The minimum atomic E-state index is -1.00. The van der Waals surface area contributed by atoms with Crippen molar-refractivity contribution in [2.45, 2.75) is 38.9 Å². The van der Waals surface area contributed by atoms with Crippen LogP contribution in [0.3, 0.4) is 0 Å². The van der Waals surface area contributed by atoms with Gasteiger partial charge in [0.2, 0.25) is 0 Å². The number of tetrazole rings is 1. The summed E-state index contributed by atoms with van der Waals surface area (Å²) in [5.41, 5.74) is 8.33. The molecule has 3 aromatic carbocycles. The molecular weight excluding hydrogens is 570 g/mol. The van der Waals surface area contributed by atoms with Crippen LogP contribution in [0.5, 0.6) is 0 Å². The van der Waals surface area contributed by atoms with Crippen molar-refractivity contribution in [1.29, 1.82) is 0 Å². The number of carbonyl (C=O) groups excluding carboxylic acids is 2. The van der Waals surface area contributed by atoms with Crippen molar-refractivity contribution in [3.8, 4) is 0 Å². The number of aromatic nitrogens is 5. The Morgan fingerprint density at radius 1 is 1.05 bits per heavy atom. The maximum atomic E-state index is 13.3. The number of nitrogens with zero attached hydrogens (tertiary/aromatic N) is 5. The molecule has 222 valence electrons. The Kier molecular flexibility index (Phi) is 7.05. The number of carbonyl (C=O) groups is 3. The molecule has 1 atom stereocenters. The van der Waals surface area contributed by atoms with Crippen LogP contribution in [0.2, 0.25) is 0 Å². The summed E-state index contributed by atoms with van der Waals surface area (Å²) in [6.07, 6.45) is 1.20. The Morgan fingerprint density at radius 2 is 1.82 bits per heavy atom. The normalized spacial score (nSPS) is 14.0. The molecule has 2 amide bonds. The molecule has 5 aromatic rings. The van der Waals surface area contributed by atoms with Crippen LogP contribution in [0.25, 0.3) is 5.78 Å². The van der Waals surface area contributed by atoms with Gasteiger partial charge in [0.1, 0.15) is 22.8 Å². The monoisotopic (exact) mass is 595 g/mol. The minimum absolute atomic E-state index is 0.00712. The standard InChI is InChI=1S/C29H25N9O6/c1-13-16-7-8-19(18(16)6-5-17(13)28(43)44)33-26(41)20-10-21(38-29(34-20)35-36-37-38)27(42)32-12-15-4-2-3-14(9-15)11-31-23-22(30)24(39)25(23)40/h2-6,9-10,19,31H,7-8,11-12,30H2,1H3,(H,32,42)(H,33,41)(H,43,44)/t19-/m0/s1. The van der Waals surface area contributed by atoms with Crippen molar-refractivity contribution in [2.24, 2.45) is 0 Å². The average Bonchev–Trinajstić information content (AvgIpc) is 3.67. The third kappa shape index (κ3) is 4.99.